The van der Waals surface area contributed by atoms with Crippen LogP contribution in [0, 0.1) is 0 Å². The number of carboxylic acid groups (broad SMARTS) is 1. The van der Waals surface area contributed by atoms with Crippen LogP contribution in [-0.4, -0.2) is 46.4 Å². The van der Waals surface area contributed by atoms with Crippen molar-refractivity contribution >= 4 is 17.9 Å². The molecule has 3 atom stereocenters. The van der Waals surface area contributed by atoms with Crippen molar-refractivity contribution in [2.24, 2.45) is 11.6 Å². The number of carbonyl (C=O) groups is 3. The molecule has 3 unspecified atom stereocenters. The number of aliphatic hydroxyl groups excluding tert-OH is 1. The molecule has 32 heavy (non-hydrogen) atoms. The van der Waals surface area contributed by atoms with Crippen molar-refractivity contribution in [1.29, 1.82) is 0 Å². The molecule has 0 bridgehead atoms. The van der Waals surface area contributed by atoms with Crippen LogP contribution in [0.3, 0.4) is 0 Å². The van der Waals surface area contributed by atoms with E-state index in [1.807, 2.05) is 0 Å². The zero-order valence-corrected chi connectivity index (χ0v) is 19.6. The van der Waals surface area contributed by atoms with Crippen LogP contribution in [0.25, 0.3) is 0 Å². The van der Waals surface area contributed by atoms with Crippen molar-refractivity contribution in [2.45, 2.75) is 128 Å². The molecular formula is C23H44N2O7. The third kappa shape index (κ3) is 16.9. The minimum atomic E-state index is -1.14. The number of aliphatic carboxylic acids is 1. The first-order chi connectivity index (χ1) is 15.3. The summed E-state index contributed by atoms with van der Waals surface area (Å²) in [5.41, 5.74) is 5.43. The summed E-state index contributed by atoms with van der Waals surface area (Å²) in [5, 5.41) is 19.4. The number of carbonyl (C=O) groups excluding carboxylic acids is 2. The molecule has 0 aliphatic rings. The second-order valence-electron chi connectivity index (χ2n) is 8.43. The van der Waals surface area contributed by atoms with E-state index in [0.717, 1.165) is 70.6 Å². The van der Waals surface area contributed by atoms with Gasteiger partial charge in [-0.15, -0.1) is 0 Å². The average molecular weight is 461 g/mol. The number of carboxylic acids is 1. The lowest BCUT2D eigenvalue weighted by atomic mass is 9.99. The molecule has 0 heterocycles. The van der Waals surface area contributed by atoms with Gasteiger partial charge in [0.25, 0.3) is 0 Å². The van der Waals surface area contributed by atoms with E-state index in [0.29, 0.717) is 19.3 Å². The summed E-state index contributed by atoms with van der Waals surface area (Å²) in [7, 11) is 0. The summed E-state index contributed by atoms with van der Waals surface area (Å²) < 4.78 is 5.47. The molecule has 0 spiro atoms. The van der Waals surface area contributed by atoms with Crippen LogP contribution in [0.4, 0.5) is 0 Å². The van der Waals surface area contributed by atoms with Crippen LogP contribution in [0.1, 0.15) is 110 Å². The molecule has 0 aliphatic carbocycles. The van der Waals surface area contributed by atoms with Gasteiger partial charge in [0.1, 0.15) is 12.1 Å². The molecular weight excluding hydrogens is 416 g/mol. The molecule has 0 aromatic carbocycles. The fraction of sp³-hybridized carbons (Fsp3) is 0.870. The number of nitrogens with two attached hydrogens (primary N) is 2. The standard InChI is InChI=1S/C23H44N2O7/c1-2-3-10-14-20(31-21(27)17-16-18(24)23(29)30)19(26)13-11-8-6-4-5-7-9-12-15-22(28)32-25/h18-20,26H,2-17,24-25H2,1H3,(H,29,30). The molecule has 9 heteroatoms. The molecule has 0 aromatic heterocycles. The van der Waals surface area contributed by atoms with Gasteiger partial charge in [0.2, 0.25) is 0 Å². The van der Waals surface area contributed by atoms with Crippen LogP contribution in [0.2, 0.25) is 0 Å². The molecule has 0 aromatic rings. The van der Waals surface area contributed by atoms with Crippen molar-refractivity contribution in [3.8, 4) is 0 Å². The van der Waals surface area contributed by atoms with E-state index < -0.39 is 30.2 Å². The first kappa shape index (κ1) is 30.3. The van der Waals surface area contributed by atoms with Crippen molar-refractivity contribution in [3.63, 3.8) is 0 Å². The highest BCUT2D eigenvalue weighted by Gasteiger charge is 2.23. The maximum Gasteiger partial charge on any atom is 0.324 e. The average Bonchev–Trinajstić information content (AvgIpc) is 2.77. The maximum atomic E-state index is 12.1. The molecule has 0 radical (unpaired) electrons. The van der Waals surface area contributed by atoms with Gasteiger partial charge in [0.15, 0.2) is 0 Å². The van der Waals surface area contributed by atoms with Gasteiger partial charge < -0.3 is 25.5 Å². The van der Waals surface area contributed by atoms with Gasteiger partial charge in [0.05, 0.1) is 6.10 Å². The second-order valence-corrected chi connectivity index (χ2v) is 8.43. The van der Waals surface area contributed by atoms with Crippen molar-refractivity contribution in [3.05, 3.63) is 0 Å². The zero-order valence-electron chi connectivity index (χ0n) is 19.6. The van der Waals surface area contributed by atoms with Crippen LogP contribution >= 0.6 is 0 Å². The largest absolute Gasteiger partial charge is 0.480 e. The summed E-state index contributed by atoms with van der Waals surface area (Å²) in [6.45, 7) is 2.08. The topological polar surface area (TPSA) is 162 Å². The Morgan fingerprint density at radius 3 is 1.91 bits per heavy atom. The minimum Gasteiger partial charge on any atom is -0.480 e. The smallest absolute Gasteiger partial charge is 0.324 e. The van der Waals surface area contributed by atoms with E-state index in [2.05, 4.69) is 11.8 Å². The molecule has 0 rings (SSSR count). The number of aliphatic hydroxyl groups is 1. The summed E-state index contributed by atoms with van der Waals surface area (Å²) in [5.74, 6) is 2.77. The molecule has 6 N–H and O–H groups in total. The van der Waals surface area contributed by atoms with Gasteiger partial charge in [-0.1, -0.05) is 64.7 Å². The fourth-order valence-electron chi connectivity index (χ4n) is 3.48. The summed E-state index contributed by atoms with van der Waals surface area (Å²) in [6.07, 6.45) is 11.1. The van der Waals surface area contributed by atoms with Gasteiger partial charge >= 0.3 is 17.9 Å². The number of ether oxygens (including phenoxy) is 1. The Balaban J connectivity index is 4.08. The van der Waals surface area contributed by atoms with Gasteiger partial charge in [-0.25, -0.2) is 0 Å². The molecule has 0 amide bonds. The summed E-state index contributed by atoms with van der Waals surface area (Å²) in [6, 6.07) is -1.09. The minimum absolute atomic E-state index is 0.0169. The fourth-order valence-corrected chi connectivity index (χ4v) is 3.48. The first-order valence-electron chi connectivity index (χ1n) is 12.1. The van der Waals surface area contributed by atoms with Crippen molar-refractivity contribution in [2.75, 3.05) is 0 Å². The molecule has 0 saturated carbocycles. The van der Waals surface area contributed by atoms with Crippen LogP contribution in [0.5, 0.6) is 0 Å². The van der Waals surface area contributed by atoms with Crippen LogP contribution < -0.4 is 11.6 Å². The Kier molecular flexibility index (Phi) is 18.9. The second kappa shape index (κ2) is 19.9. The molecule has 9 nitrogen and oxygen atoms in total. The normalized spacial score (nSPS) is 13.9. The third-order valence-electron chi connectivity index (χ3n) is 5.54. The summed E-state index contributed by atoms with van der Waals surface area (Å²) in [4.78, 5) is 37.9. The highest BCUT2D eigenvalue weighted by Crippen LogP contribution is 2.18. The van der Waals surface area contributed by atoms with Crippen molar-refractivity contribution in [1.82, 2.24) is 0 Å². The third-order valence-corrected chi connectivity index (χ3v) is 5.54. The maximum absolute atomic E-state index is 12.1. The highest BCUT2D eigenvalue weighted by atomic mass is 16.7. The SMILES string of the molecule is CCCCCC(OC(=O)CCC(N)C(=O)O)C(O)CCCCCCCCCCC(=O)ON. The Morgan fingerprint density at radius 2 is 1.34 bits per heavy atom. The lowest BCUT2D eigenvalue weighted by Gasteiger charge is -2.23. The van der Waals surface area contributed by atoms with E-state index in [-0.39, 0.29) is 18.8 Å². The predicted molar refractivity (Wildman–Crippen MR) is 121 cm³/mol. The van der Waals surface area contributed by atoms with Gasteiger partial charge in [-0.2, -0.15) is 5.90 Å². The lowest BCUT2D eigenvalue weighted by Crippen LogP contribution is -2.33. The van der Waals surface area contributed by atoms with E-state index in [1.165, 1.54) is 0 Å². The Morgan fingerprint density at radius 1 is 0.781 bits per heavy atom. The predicted octanol–water partition coefficient (Wildman–Crippen LogP) is 3.35. The number of rotatable bonds is 21. The number of hydrogen-bond acceptors (Lipinski definition) is 8. The van der Waals surface area contributed by atoms with E-state index >= 15 is 0 Å². The zero-order chi connectivity index (χ0) is 24.2. The van der Waals surface area contributed by atoms with Crippen LogP contribution in [0.15, 0.2) is 0 Å². The Hall–Kier alpha value is -1.71. The van der Waals surface area contributed by atoms with Crippen molar-refractivity contribution < 1.29 is 34.2 Å². The lowest BCUT2D eigenvalue weighted by molar-refractivity contribution is -0.156. The monoisotopic (exact) mass is 460 g/mol. The van der Waals surface area contributed by atoms with Gasteiger partial charge in [0, 0.05) is 12.8 Å². The van der Waals surface area contributed by atoms with E-state index in [9.17, 15) is 19.5 Å². The molecule has 188 valence electrons. The summed E-state index contributed by atoms with van der Waals surface area (Å²) >= 11 is 0. The quantitative estimate of drug-likeness (QED) is 0.114. The van der Waals surface area contributed by atoms with E-state index in [1.54, 1.807) is 0 Å². The molecule has 0 fully saturated rings. The molecule has 0 aliphatic heterocycles. The number of unbranched alkanes of at least 4 members (excludes halogenated alkanes) is 9. The van der Waals surface area contributed by atoms with Gasteiger partial charge in [-0.3, -0.25) is 14.4 Å². The highest BCUT2D eigenvalue weighted by molar-refractivity contribution is 5.75. The molecule has 0 saturated heterocycles. The first-order valence-corrected chi connectivity index (χ1v) is 12.1. The Bertz CT molecular complexity index is 517. The van der Waals surface area contributed by atoms with Gasteiger partial charge in [-0.05, 0) is 32.1 Å². The Labute approximate surface area is 192 Å². The number of hydrogen-bond donors (Lipinski definition) is 4. The number of esters is 1. The van der Waals surface area contributed by atoms with Crippen LogP contribution in [-0.2, 0) is 24.0 Å². The van der Waals surface area contributed by atoms with E-state index in [4.69, 9.17) is 21.5 Å².